The first kappa shape index (κ1) is 22.0. The first-order valence-corrected chi connectivity index (χ1v) is 10.2. The number of hydrogen-bond donors (Lipinski definition) is 0. The molecule has 0 aromatic heterocycles. The molecule has 1 heterocycles. The van der Waals surface area contributed by atoms with Gasteiger partial charge in [-0.1, -0.05) is 0 Å². The van der Waals surface area contributed by atoms with Crippen molar-refractivity contribution in [2.45, 2.75) is 97.4 Å². The lowest BCUT2D eigenvalue weighted by Crippen LogP contribution is -2.46. The van der Waals surface area contributed by atoms with E-state index < -0.39 is 11.2 Å². The predicted molar refractivity (Wildman–Crippen MR) is 104 cm³/mol. The third-order valence-electron chi connectivity index (χ3n) is 5.33. The summed E-state index contributed by atoms with van der Waals surface area (Å²) in [4.78, 5) is 25.9. The van der Waals surface area contributed by atoms with Crippen molar-refractivity contribution in [1.82, 2.24) is 4.90 Å². The minimum Gasteiger partial charge on any atom is -0.458 e. The molecule has 0 bridgehead atoms. The summed E-state index contributed by atoms with van der Waals surface area (Å²) in [6, 6.07) is 0. The molecule has 1 saturated carbocycles. The summed E-state index contributed by atoms with van der Waals surface area (Å²) in [6.07, 6.45) is 6.08. The Morgan fingerprint density at radius 2 is 1.41 bits per heavy atom. The Kier molecular flexibility index (Phi) is 6.82. The SMILES string of the molecule is CC(C)(C)OC(=O)COC1CCC2(CC1)CCN(C(=O)OC(C)(C)C)CC2. The number of piperidine rings is 1. The topological polar surface area (TPSA) is 65.1 Å². The highest BCUT2D eigenvalue weighted by molar-refractivity contribution is 5.71. The first-order valence-electron chi connectivity index (χ1n) is 10.2. The zero-order valence-electron chi connectivity index (χ0n) is 17.9. The molecule has 1 saturated heterocycles. The highest BCUT2D eigenvalue weighted by Crippen LogP contribution is 2.45. The van der Waals surface area contributed by atoms with E-state index in [4.69, 9.17) is 14.2 Å². The second-order valence-electron chi connectivity index (χ2n) is 10.1. The molecule has 1 aliphatic carbocycles. The monoisotopic (exact) mass is 383 g/mol. The maximum Gasteiger partial charge on any atom is 0.410 e. The number of likely N-dealkylation sites (tertiary alicyclic amines) is 1. The number of carbonyl (C=O) groups is 2. The van der Waals surface area contributed by atoms with Crippen LogP contribution < -0.4 is 0 Å². The molecule has 1 aliphatic heterocycles. The molecule has 27 heavy (non-hydrogen) atoms. The quantitative estimate of drug-likeness (QED) is 0.680. The van der Waals surface area contributed by atoms with Gasteiger partial charge in [0, 0.05) is 13.1 Å². The van der Waals surface area contributed by atoms with Crippen LogP contribution in [0.3, 0.4) is 0 Å². The van der Waals surface area contributed by atoms with Crippen LogP contribution in [0, 0.1) is 5.41 Å². The third-order valence-corrected chi connectivity index (χ3v) is 5.33. The number of esters is 1. The lowest BCUT2D eigenvalue weighted by Gasteiger charge is -2.45. The lowest BCUT2D eigenvalue weighted by atomic mass is 9.67. The van der Waals surface area contributed by atoms with Gasteiger partial charge >= 0.3 is 12.1 Å². The molecule has 0 aromatic carbocycles. The van der Waals surface area contributed by atoms with Crippen LogP contribution in [-0.4, -0.2) is 54.0 Å². The van der Waals surface area contributed by atoms with Gasteiger partial charge in [0.1, 0.15) is 17.8 Å². The molecule has 2 aliphatic rings. The van der Waals surface area contributed by atoms with Crippen molar-refractivity contribution in [2.24, 2.45) is 5.41 Å². The van der Waals surface area contributed by atoms with Crippen molar-refractivity contribution in [3.63, 3.8) is 0 Å². The summed E-state index contributed by atoms with van der Waals surface area (Å²) in [7, 11) is 0. The third kappa shape index (κ3) is 7.32. The molecular formula is C21H37NO5. The van der Waals surface area contributed by atoms with Crippen molar-refractivity contribution >= 4 is 12.1 Å². The molecule has 2 fully saturated rings. The standard InChI is InChI=1S/C21H37NO5/c1-19(2,3)26-17(23)15-25-16-7-9-21(10-8-16)11-13-22(14-12-21)18(24)27-20(4,5)6/h16H,7-15H2,1-6H3. The van der Waals surface area contributed by atoms with E-state index in [1.807, 2.05) is 46.4 Å². The normalized spacial score (nSPS) is 21.2. The fourth-order valence-corrected chi connectivity index (χ4v) is 3.92. The number of nitrogens with zero attached hydrogens (tertiary/aromatic N) is 1. The fourth-order valence-electron chi connectivity index (χ4n) is 3.92. The molecule has 1 spiro atoms. The Labute approximate surface area is 163 Å². The van der Waals surface area contributed by atoms with Crippen LogP contribution in [0.5, 0.6) is 0 Å². The van der Waals surface area contributed by atoms with Gasteiger partial charge in [0.2, 0.25) is 0 Å². The van der Waals surface area contributed by atoms with Crippen LogP contribution in [0.1, 0.15) is 80.1 Å². The molecule has 6 heteroatoms. The summed E-state index contributed by atoms with van der Waals surface area (Å²) in [6.45, 7) is 12.8. The van der Waals surface area contributed by atoms with Crippen molar-refractivity contribution in [2.75, 3.05) is 19.7 Å². The van der Waals surface area contributed by atoms with Crippen molar-refractivity contribution < 1.29 is 23.8 Å². The molecule has 0 N–H and O–H groups in total. The summed E-state index contributed by atoms with van der Waals surface area (Å²) >= 11 is 0. The first-order chi connectivity index (χ1) is 12.4. The predicted octanol–water partition coefficient (Wildman–Crippen LogP) is 4.30. The van der Waals surface area contributed by atoms with Gasteiger partial charge in [0.15, 0.2) is 0 Å². The molecule has 0 atom stereocenters. The minimum absolute atomic E-state index is 0.0291. The smallest absolute Gasteiger partial charge is 0.410 e. The van der Waals surface area contributed by atoms with E-state index in [9.17, 15) is 9.59 Å². The number of ether oxygens (including phenoxy) is 3. The Balaban J connectivity index is 1.71. The van der Waals surface area contributed by atoms with E-state index in [-0.39, 0.29) is 24.8 Å². The number of rotatable bonds is 3. The molecule has 0 unspecified atom stereocenters. The summed E-state index contributed by atoms with van der Waals surface area (Å²) in [5, 5.41) is 0. The van der Waals surface area contributed by atoms with Crippen LogP contribution in [0.25, 0.3) is 0 Å². The highest BCUT2D eigenvalue weighted by Gasteiger charge is 2.40. The summed E-state index contributed by atoms with van der Waals surface area (Å²) in [5.41, 5.74) is -0.612. The molecule has 6 nitrogen and oxygen atoms in total. The van der Waals surface area contributed by atoms with Gasteiger partial charge in [-0.2, -0.15) is 0 Å². The van der Waals surface area contributed by atoms with Crippen LogP contribution in [-0.2, 0) is 19.0 Å². The maximum atomic E-state index is 12.2. The van der Waals surface area contributed by atoms with Gasteiger partial charge < -0.3 is 19.1 Å². The van der Waals surface area contributed by atoms with Gasteiger partial charge in [0.25, 0.3) is 0 Å². The van der Waals surface area contributed by atoms with E-state index in [1.54, 1.807) is 0 Å². The van der Waals surface area contributed by atoms with Gasteiger partial charge in [-0.3, -0.25) is 0 Å². The summed E-state index contributed by atoms with van der Waals surface area (Å²) in [5.74, 6) is -0.298. The van der Waals surface area contributed by atoms with E-state index in [1.165, 1.54) is 0 Å². The Bertz CT molecular complexity index is 514. The van der Waals surface area contributed by atoms with Crippen LogP contribution in [0.2, 0.25) is 0 Å². The Morgan fingerprint density at radius 1 is 0.889 bits per heavy atom. The largest absolute Gasteiger partial charge is 0.458 e. The van der Waals surface area contributed by atoms with Crippen molar-refractivity contribution in [3.8, 4) is 0 Å². The molecule has 0 radical (unpaired) electrons. The van der Waals surface area contributed by atoms with Crippen molar-refractivity contribution in [3.05, 3.63) is 0 Å². The van der Waals surface area contributed by atoms with Crippen LogP contribution in [0.4, 0.5) is 4.79 Å². The zero-order chi connectivity index (χ0) is 20.3. The minimum atomic E-state index is -0.473. The Morgan fingerprint density at radius 3 is 1.89 bits per heavy atom. The van der Waals surface area contributed by atoms with E-state index in [0.29, 0.717) is 5.41 Å². The van der Waals surface area contributed by atoms with Gasteiger partial charge in [0.05, 0.1) is 6.10 Å². The molecule has 0 aromatic rings. The molecule has 1 amide bonds. The van der Waals surface area contributed by atoms with Crippen LogP contribution >= 0.6 is 0 Å². The molecular weight excluding hydrogens is 346 g/mol. The van der Waals surface area contributed by atoms with E-state index >= 15 is 0 Å². The average Bonchev–Trinajstić information content (AvgIpc) is 2.52. The Hall–Kier alpha value is -1.30. The van der Waals surface area contributed by atoms with Gasteiger partial charge in [-0.25, -0.2) is 9.59 Å². The van der Waals surface area contributed by atoms with Crippen molar-refractivity contribution in [1.29, 1.82) is 0 Å². The number of hydrogen-bond acceptors (Lipinski definition) is 5. The van der Waals surface area contributed by atoms with E-state index in [0.717, 1.165) is 51.6 Å². The van der Waals surface area contributed by atoms with E-state index in [2.05, 4.69) is 0 Å². The van der Waals surface area contributed by atoms with Gasteiger partial charge in [-0.05, 0) is 85.5 Å². The fraction of sp³-hybridized carbons (Fsp3) is 0.905. The second-order valence-corrected chi connectivity index (χ2v) is 10.1. The van der Waals surface area contributed by atoms with Gasteiger partial charge in [-0.15, -0.1) is 0 Å². The average molecular weight is 384 g/mol. The second kappa shape index (κ2) is 8.38. The summed E-state index contributed by atoms with van der Waals surface area (Å²) < 4.78 is 16.6. The molecule has 2 rings (SSSR count). The highest BCUT2D eigenvalue weighted by atomic mass is 16.6. The van der Waals surface area contributed by atoms with Crippen LogP contribution in [0.15, 0.2) is 0 Å². The molecule has 156 valence electrons. The maximum absolute atomic E-state index is 12.2. The zero-order valence-corrected chi connectivity index (χ0v) is 17.9. The number of amides is 1. The number of carbonyl (C=O) groups excluding carboxylic acids is 2. The lowest BCUT2D eigenvalue weighted by molar-refractivity contribution is -0.163.